The second-order valence-corrected chi connectivity index (χ2v) is 5.61. The van der Waals surface area contributed by atoms with Crippen LogP contribution >= 0.6 is 0 Å². The van der Waals surface area contributed by atoms with Gasteiger partial charge in [-0.2, -0.15) is 0 Å². The summed E-state index contributed by atoms with van der Waals surface area (Å²) < 4.78 is 13.2. The second kappa shape index (κ2) is 7.08. The largest absolute Gasteiger partial charge is 0.478 e. The first-order valence-corrected chi connectivity index (χ1v) is 7.37. The van der Waals surface area contributed by atoms with E-state index in [9.17, 15) is 14.0 Å². The molecule has 0 aliphatic carbocycles. The predicted molar refractivity (Wildman–Crippen MR) is 91.6 cm³/mol. The topological polar surface area (TPSA) is 66.4 Å². The van der Waals surface area contributed by atoms with Gasteiger partial charge < -0.3 is 10.4 Å². The minimum Gasteiger partial charge on any atom is -0.478 e. The number of aromatic carboxylic acids is 1. The molecule has 5 heteroatoms. The van der Waals surface area contributed by atoms with Gasteiger partial charge in [-0.05, 0) is 61.2 Å². The summed E-state index contributed by atoms with van der Waals surface area (Å²) in [6.45, 7) is 5.79. The Labute approximate surface area is 139 Å². The minimum absolute atomic E-state index is 0.0537. The van der Waals surface area contributed by atoms with E-state index in [-0.39, 0.29) is 11.3 Å². The first-order chi connectivity index (χ1) is 11.3. The number of anilines is 1. The molecule has 4 nitrogen and oxygen atoms in total. The van der Waals surface area contributed by atoms with Crippen LogP contribution in [0.5, 0.6) is 0 Å². The molecule has 124 valence electrons. The zero-order valence-electron chi connectivity index (χ0n) is 13.7. The van der Waals surface area contributed by atoms with Gasteiger partial charge in [-0.25, -0.2) is 9.18 Å². The molecule has 0 saturated carbocycles. The summed E-state index contributed by atoms with van der Waals surface area (Å²) in [5, 5.41) is 11.6. The van der Waals surface area contributed by atoms with E-state index in [2.05, 4.69) is 5.32 Å². The molecule has 2 rings (SSSR count). The van der Waals surface area contributed by atoms with Crippen LogP contribution in [-0.4, -0.2) is 17.0 Å². The van der Waals surface area contributed by atoms with E-state index in [0.29, 0.717) is 0 Å². The number of amides is 1. The summed E-state index contributed by atoms with van der Waals surface area (Å²) in [4.78, 5) is 23.3. The Bertz CT molecular complexity index is 841. The van der Waals surface area contributed by atoms with Crippen LogP contribution in [0.2, 0.25) is 0 Å². The van der Waals surface area contributed by atoms with Gasteiger partial charge in [-0.3, -0.25) is 4.79 Å². The Kier molecular flexibility index (Phi) is 5.14. The number of hydrogen-bond donors (Lipinski definition) is 2. The molecular formula is C19H18FNO3. The number of nitrogens with one attached hydrogen (secondary N) is 1. The van der Waals surface area contributed by atoms with E-state index in [1.165, 1.54) is 12.1 Å². The third kappa shape index (κ3) is 4.07. The third-order valence-corrected chi connectivity index (χ3v) is 3.78. The van der Waals surface area contributed by atoms with Gasteiger partial charge in [0.05, 0.1) is 11.3 Å². The van der Waals surface area contributed by atoms with Crippen molar-refractivity contribution in [3.05, 3.63) is 70.5 Å². The number of rotatable bonds is 4. The number of halogens is 1. The first kappa shape index (κ1) is 17.4. The molecule has 0 atom stereocenters. The van der Waals surface area contributed by atoms with Crippen LogP contribution in [0.15, 0.2) is 42.5 Å². The lowest BCUT2D eigenvalue weighted by Gasteiger charge is -2.08. The molecule has 0 bridgehead atoms. The fourth-order valence-electron chi connectivity index (χ4n) is 2.24. The molecule has 24 heavy (non-hydrogen) atoms. The van der Waals surface area contributed by atoms with E-state index < -0.39 is 17.7 Å². The fourth-order valence-corrected chi connectivity index (χ4v) is 2.24. The van der Waals surface area contributed by atoms with Crippen molar-refractivity contribution >= 4 is 23.1 Å². The molecule has 0 fully saturated rings. The molecule has 0 aliphatic heterocycles. The standard InChI is InChI=1S/C19H18FNO3/c1-11-4-5-14(8-12(11)2)13(3)9-18(22)21-17-7-6-15(20)10-16(17)19(23)24/h4-10H,1-3H3,(H,21,22)(H,23,24)/b13-9-. The summed E-state index contributed by atoms with van der Waals surface area (Å²) in [5.41, 5.74) is 3.69. The molecule has 0 spiro atoms. The second-order valence-electron chi connectivity index (χ2n) is 5.61. The Balaban J connectivity index is 2.24. The number of aryl methyl sites for hydroxylation is 2. The van der Waals surface area contributed by atoms with Gasteiger partial charge in [-0.1, -0.05) is 18.2 Å². The monoisotopic (exact) mass is 327 g/mol. The van der Waals surface area contributed by atoms with Crippen LogP contribution in [-0.2, 0) is 4.79 Å². The van der Waals surface area contributed by atoms with E-state index in [1.54, 1.807) is 6.92 Å². The molecule has 0 aliphatic rings. The lowest BCUT2D eigenvalue weighted by Crippen LogP contribution is -2.12. The summed E-state index contributed by atoms with van der Waals surface area (Å²) in [6.07, 6.45) is 1.39. The predicted octanol–water partition coefficient (Wildman–Crippen LogP) is 4.18. The van der Waals surface area contributed by atoms with Crippen molar-refractivity contribution in [1.82, 2.24) is 0 Å². The summed E-state index contributed by atoms with van der Waals surface area (Å²) >= 11 is 0. The molecule has 2 aromatic rings. The van der Waals surface area contributed by atoms with Crippen molar-refractivity contribution in [2.45, 2.75) is 20.8 Å². The number of carbonyl (C=O) groups excluding carboxylic acids is 1. The highest BCUT2D eigenvalue weighted by Gasteiger charge is 2.13. The minimum atomic E-state index is -1.31. The number of carbonyl (C=O) groups is 2. The number of hydrogen-bond acceptors (Lipinski definition) is 2. The smallest absolute Gasteiger partial charge is 0.337 e. The molecule has 1 amide bonds. The van der Waals surface area contributed by atoms with Crippen molar-refractivity contribution in [1.29, 1.82) is 0 Å². The number of benzene rings is 2. The maximum atomic E-state index is 13.2. The summed E-state index contributed by atoms with van der Waals surface area (Å²) in [5.74, 6) is -2.45. The van der Waals surface area contributed by atoms with Crippen LogP contribution in [0.4, 0.5) is 10.1 Å². The molecule has 0 saturated heterocycles. The molecule has 0 aromatic heterocycles. The maximum Gasteiger partial charge on any atom is 0.337 e. The van der Waals surface area contributed by atoms with Crippen molar-refractivity contribution in [2.24, 2.45) is 0 Å². The summed E-state index contributed by atoms with van der Waals surface area (Å²) in [7, 11) is 0. The zero-order chi connectivity index (χ0) is 17.9. The van der Waals surface area contributed by atoms with Gasteiger partial charge in [0.25, 0.3) is 0 Å². The van der Waals surface area contributed by atoms with Crippen LogP contribution in [0.25, 0.3) is 5.57 Å². The zero-order valence-corrected chi connectivity index (χ0v) is 13.7. The normalized spacial score (nSPS) is 11.2. The highest BCUT2D eigenvalue weighted by molar-refractivity contribution is 6.07. The molecule has 0 heterocycles. The Morgan fingerprint density at radius 1 is 1.08 bits per heavy atom. The molecule has 0 unspecified atom stereocenters. The van der Waals surface area contributed by atoms with Crippen molar-refractivity contribution in [2.75, 3.05) is 5.32 Å². The highest BCUT2D eigenvalue weighted by atomic mass is 19.1. The average Bonchev–Trinajstić information content (AvgIpc) is 2.51. The lowest BCUT2D eigenvalue weighted by atomic mass is 10.0. The molecule has 2 N–H and O–H groups in total. The fraction of sp³-hybridized carbons (Fsp3) is 0.158. The van der Waals surface area contributed by atoms with E-state index in [4.69, 9.17) is 5.11 Å². The van der Waals surface area contributed by atoms with Crippen molar-refractivity contribution < 1.29 is 19.1 Å². The average molecular weight is 327 g/mol. The lowest BCUT2D eigenvalue weighted by molar-refractivity contribution is -0.111. The number of carboxylic acids is 1. The Morgan fingerprint density at radius 3 is 2.42 bits per heavy atom. The van der Waals surface area contributed by atoms with E-state index >= 15 is 0 Å². The van der Waals surface area contributed by atoms with Gasteiger partial charge in [0.1, 0.15) is 5.82 Å². The van der Waals surface area contributed by atoms with Gasteiger partial charge >= 0.3 is 5.97 Å². The van der Waals surface area contributed by atoms with Gasteiger partial charge in [0.2, 0.25) is 5.91 Å². The summed E-state index contributed by atoms with van der Waals surface area (Å²) in [6, 6.07) is 9.08. The maximum absolute atomic E-state index is 13.2. The molecular weight excluding hydrogens is 309 g/mol. The first-order valence-electron chi connectivity index (χ1n) is 7.37. The van der Waals surface area contributed by atoms with Gasteiger partial charge in [-0.15, -0.1) is 0 Å². The number of allylic oxidation sites excluding steroid dienone is 1. The van der Waals surface area contributed by atoms with Crippen LogP contribution in [0.3, 0.4) is 0 Å². The van der Waals surface area contributed by atoms with Gasteiger partial charge in [0, 0.05) is 6.08 Å². The van der Waals surface area contributed by atoms with E-state index in [0.717, 1.165) is 34.4 Å². The quantitative estimate of drug-likeness (QED) is 0.828. The van der Waals surface area contributed by atoms with Gasteiger partial charge in [0.15, 0.2) is 0 Å². The third-order valence-electron chi connectivity index (χ3n) is 3.78. The Morgan fingerprint density at radius 2 is 1.79 bits per heavy atom. The molecule has 0 radical (unpaired) electrons. The SMILES string of the molecule is C/C(=C/C(=O)Nc1ccc(F)cc1C(=O)O)c1ccc(C)c(C)c1. The van der Waals surface area contributed by atoms with Crippen molar-refractivity contribution in [3.8, 4) is 0 Å². The van der Waals surface area contributed by atoms with Crippen LogP contribution in [0.1, 0.15) is 34.0 Å². The van der Waals surface area contributed by atoms with Crippen molar-refractivity contribution in [3.63, 3.8) is 0 Å². The van der Waals surface area contributed by atoms with Crippen LogP contribution in [0, 0.1) is 19.7 Å². The van der Waals surface area contributed by atoms with Crippen LogP contribution < -0.4 is 5.32 Å². The molecule has 2 aromatic carbocycles. The number of carboxylic acid groups (broad SMARTS) is 1. The van der Waals surface area contributed by atoms with E-state index in [1.807, 2.05) is 32.0 Å². The highest BCUT2D eigenvalue weighted by Crippen LogP contribution is 2.20. The Hall–Kier alpha value is -2.95.